The molecule has 0 saturated carbocycles. The first-order valence-electron chi connectivity index (χ1n) is 3.44. The number of hydrogen-bond acceptors (Lipinski definition) is 2. The topological polar surface area (TPSA) is 20.2 Å². The van der Waals surface area contributed by atoms with Crippen molar-refractivity contribution in [2.45, 2.75) is 32.3 Å². The van der Waals surface area contributed by atoms with Crippen molar-refractivity contribution in [3.05, 3.63) is 0 Å². The summed E-state index contributed by atoms with van der Waals surface area (Å²) in [5.41, 5.74) is 0. The minimum atomic E-state index is -0.105. The molecular weight excluding hydrogens is 132 g/mol. The van der Waals surface area contributed by atoms with Gasteiger partial charge in [-0.25, -0.2) is 0 Å². The highest BCUT2D eigenvalue weighted by atomic mass is 32.2. The van der Waals surface area contributed by atoms with Gasteiger partial charge in [0.25, 0.3) is 0 Å². The molecule has 0 rings (SSSR count). The van der Waals surface area contributed by atoms with E-state index in [2.05, 4.69) is 6.26 Å². The molecule has 0 aliphatic rings. The SMILES string of the molecule is CSCCCC[C@H](C)O. The lowest BCUT2D eigenvalue weighted by Crippen LogP contribution is -1.98. The molecule has 2 heteroatoms. The first-order chi connectivity index (χ1) is 4.27. The van der Waals surface area contributed by atoms with Crippen molar-refractivity contribution in [1.82, 2.24) is 0 Å². The molecule has 1 N–H and O–H groups in total. The Labute approximate surface area is 61.8 Å². The first-order valence-corrected chi connectivity index (χ1v) is 4.83. The van der Waals surface area contributed by atoms with E-state index in [1.165, 1.54) is 18.6 Å². The van der Waals surface area contributed by atoms with E-state index in [9.17, 15) is 0 Å². The van der Waals surface area contributed by atoms with Gasteiger partial charge < -0.3 is 5.11 Å². The van der Waals surface area contributed by atoms with Crippen LogP contribution < -0.4 is 0 Å². The molecule has 0 aliphatic heterocycles. The second-order valence-electron chi connectivity index (χ2n) is 2.34. The molecule has 56 valence electrons. The second-order valence-corrected chi connectivity index (χ2v) is 3.32. The van der Waals surface area contributed by atoms with Crippen molar-refractivity contribution in [3.8, 4) is 0 Å². The molecule has 0 spiro atoms. The molecule has 0 aromatic carbocycles. The number of hydrogen-bond donors (Lipinski definition) is 1. The maximum atomic E-state index is 8.84. The molecular formula is C7H16OS. The summed E-state index contributed by atoms with van der Waals surface area (Å²) < 4.78 is 0. The summed E-state index contributed by atoms with van der Waals surface area (Å²) in [6, 6.07) is 0. The monoisotopic (exact) mass is 148 g/mol. The van der Waals surface area contributed by atoms with Crippen LogP contribution in [0.1, 0.15) is 26.2 Å². The van der Waals surface area contributed by atoms with Crippen molar-refractivity contribution in [2.75, 3.05) is 12.0 Å². The fraction of sp³-hybridized carbons (Fsp3) is 1.00. The van der Waals surface area contributed by atoms with Crippen LogP contribution >= 0.6 is 11.8 Å². The molecule has 9 heavy (non-hydrogen) atoms. The van der Waals surface area contributed by atoms with E-state index < -0.39 is 0 Å². The Morgan fingerprint density at radius 3 is 2.56 bits per heavy atom. The molecule has 1 nitrogen and oxygen atoms in total. The zero-order valence-electron chi connectivity index (χ0n) is 6.26. The van der Waals surface area contributed by atoms with Crippen LogP contribution in [-0.2, 0) is 0 Å². The van der Waals surface area contributed by atoms with E-state index in [0.29, 0.717) is 0 Å². The maximum absolute atomic E-state index is 8.84. The van der Waals surface area contributed by atoms with Gasteiger partial charge in [-0.1, -0.05) is 6.42 Å². The van der Waals surface area contributed by atoms with Crippen LogP contribution in [0.25, 0.3) is 0 Å². The van der Waals surface area contributed by atoms with Gasteiger partial charge in [-0.3, -0.25) is 0 Å². The van der Waals surface area contributed by atoms with E-state index in [0.717, 1.165) is 6.42 Å². The fourth-order valence-electron chi connectivity index (χ4n) is 0.686. The van der Waals surface area contributed by atoms with Crippen LogP contribution in [0.15, 0.2) is 0 Å². The van der Waals surface area contributed by atoms with Gasteiger partial charge in [-0.05, 0) is 31.8 Å². The van der Waals surface area contributed by atoms with Gasteiger partial charge in [0, 0.05) is 0 Å². The highest BCUT2D eigenvalue weighted by Gasteiger charge is 1.93. The quantitative estimate of drug-likeness (QED) is 0.601. The molecule has 0 bridgehead atoms. The van der Waals surface area contributed by atoms with Gasteiger partial charge in [0.05, 0.1) is 6.10 Å². The normalized spacial score (nSPS) is 13.7. The van der Waals surface area contributed by atoms with E-state index >= 15 is 0 Å². The average Bonchev–Trinajstić information content (AvgIpc) is 1.80. The van der Waals surface area contributed by atoms with Gasteiger partial charge in [0.15, 0.2) is 0 Å². The minimum Gasteiger partial charge on any atom is -0.393 e. The molecule has 1 atom stereocenters. The van der Waals surface area contributed by atoms with Crippen LogP contribution in [-0.4, -0.2) is 23.2 Å². The fourth-order valence-corrected chi connectivity index (χ4v) is 1.18. The predicted octanol–water partition coefficient (Wildman–Crippen LogP) is 1.90. The average molecular weight is 148 g/mol. The summed E-state index contributed by atoms with van der Waals surface area (Å²) in [6.45, 7) is 1.85. The van der Waals surface area contributed by atoms with Crippen LogP contribution in [0.4, 0.5) is 0 Å². The maximum Gasteiger partial charge on any atom is 0.0512 e. The zero-order valence-corrected chi connectivity index (χ0v) is 7.08. The van der Waals surface area contributed by atoms with Gasteiger partial charge >= 0.3 is 0 Å². The van der Waals surface area contributed by atoms with Gasteiger partial charge in [0.2, 0.25) is 0 Å². The van der Waals surface area contributed by atoms with Crippen molar-refractivity contribution in [1.29, 1.82) is 0 Å². The molecule has 0 amide bonds. The van der Waals surface area contributed by atoms with E-state index in [1.54, 1.807) is 0 Å². The van der Waals surface area contributed by atoms with Gasteiger partial charge in [-0.15, -0.1) is 0 Å². The summed E-state index contributed by atoms with van der Waals surface area (Å²) in [5.74, 6) is 1.23. The van der Waals surface area contributed by atoms with E-state index in [1.807, 2.05) is 18.7 Å². The minimum absolute atomic E-state index is 0.105. The molecule has 0 aromatic heterocycles. The molecule has 0 aromatic rings. The Balaban J connectivity index is 2.75. The molecule has 0 saturated heterocycles. The number of aliphatic hydroxyl groups excluding tert-OH is 1. The summed E-state index contributed by atoms with van der Waals surface area (Å²) in [5, 5.41) is 8.84. The molecule has 0 heterocycles. The van der Waals surface area contributed by atoms with Crippen molar-refractivity contribution >= 4 is 11.8 Å². The molecule has 0 fully saturated rings. The number of thioether (sulfide) groups is 1. The molecule has 0 unspecified atom stereocenters. The largest absolute Gasteiger partial charge is 0.393 e. The standard InChI is InChI=1S/C7H16OS/c1-7(8)5-3-4-6-9-2/h7-8H,3-6H2,1-2H3/t7-/m0/s1. The van der Waals surface area contributed by atoms with E-state index in [-0.39, 0.29) is 6.10 Å². The summed E-state index contributed by atoms with van der Waals surface area (Å²) >= 11 is 1.87. The van der Waals surface area contributed by atoms with Gasteiger partial charge in [0.1, 0.15) is 0 Å². The second kappa shape index (κ2) is 6.43. The summed E-state index contributed by atoms with van der Waals surface area (Å²) in [4.78, 5) is 0. The van der Waals surface area contributed by atoms with Crippen LogP contribution in [0.2, 0.25) is 0 Å². The number of rotatable bonds is 5. The highest BCUT2D eigenvalue weighted by molar-refractivity contribution is 7.98. The third-order valence-corrected chi connectivity index (χ3v) is 1.92. The Morgan fingerprint density at radius 2 is 2.11 bits per heavy atom. The molecule has 0 aliphatic carbocycles. The third kappa shape index (κ3) is 8.31. The van der Waals surface area contributed by atoms with Crippen LogP contribution in [0, 0.1) is 0 Å². The van der Waals surface area contributed by atoms with E-state index in [4.69, 9.17) is 5.11 Å². The predicted molar refractivity (Wildman–Crippen MR) is 43.9 cm³/mol. The Bertz CT molecular complexity index is 54.9. The zero-order chi connectivity index (χ0) is 7.11. The van der Waals surface area contributed by atoms with Crippen molar-refractivity contribution in [3.63, 3.8) is 0 Å². The van der Waals surface area contributed by atoms with Crippen molar-refractivity contribution < 1.29 is 5.11 Å². The third-order valence-electron chi connectivity index (χ3n) is 1.22. The highest BCUT2D eigenvalue weighted by Crippen LogP contribution is 2.03. The van der Waals surface area contributed by atoms with Crippen LogP contribution in [0.5, 0.6) is 0 Å². The van der Waals surface area contributed by atoms with Crippen molar-refractivity contribution in [2.24, 2.45) is 0 Å². The Morgan fingerprint density at radius 1 is 1.44 bits per heavy atom. The Kier molecular flexibility index (Phi) is 6.65. The summed E-state index contributed by atoms with van der Waals surface area (Å²) in [6.07, 6.45) is 5.37. The Hall–Kier alpha value is 0.310. The molecule has 0 radical (unpaired) electrons. The lowest BCUT2D eigenvalue weighted by Gasteiger charge is -2.01. The smallest absolute Gasteiger partial charge is 0.0512 e. The lowest BCUT2D eigenvalue weighted by molar-refractivity contribution is 0.181. The number of aliphatic hydroxyl groups is 1. The van der Waals surface area contributed by atoms with Gasteiger partial charge in [-0.2, -0.15) is 11.8 Å². The number of unbranched alkanes of at least 4 members (excludes halogenated alkanes) is 1. The summed E-state index contributed by atoms with van der Waals surface area (Å²) in [7, 11) is 0. The van der Waals surface area contributed by atoms with Crippen LogP contribution in [0.3, 0.4) is 0 Å². The first kappa shape index (κ1) is 9.31. The lowest BCUT2D eigenvalue weighted by atomic mass is 10.2.